The molecule has 6 heteroatoms. The van der Waals surface area contributed by atoms with Gasteiger partial charge in [0.05, 0.1) is 0 Å². The molecule has 0 aliphatic rings. The van der Waals surface area contributed by atoms with E-state index in [0.717, 1.165) is 12.3 Å². The van der Waals surface area contributed by atoms with Gasteiger partial charge in [0.1, 0.15) is 5.75 Å². The fourth-order valence-corrected chi connectivity index (χ4v) is 0.966. The number of halogens is 4. The fraction of sp³-hybridized carbons (Fsp3) is 0.167. The van der Waals surface area contributed by atoms with Crippen LogP contribution in [0.15, 0.2) is 16.7 Å². The maximum Gasteiger partial charge on any atom is 0.437 e. The number of hydrogen-bond donors (Lipinski definition) is 1. The normalized spacial score (nSPS) is 11.7. The predicted molar refractivity (Wildman–Crippen MR) is 38.6 cm³/mol. The lowest BCUT2D eigenvalue weighted by atomic mass is 10.3. The third kappa shape index (κ3) is 1.88. The predicted octanol–water partition coefficient (Wildman–Crippen LogP) is 2.57. The number of alkyl halides is 3. The highest BCUT2D eigenvalue weighted by Gasteiger charge is 2.35. The SMILES string of the molecule is Oc1cc(Br)cnc1C(F)(F)F. The van der Waals surface area contributed by atoms with Crippen LogP contribution >= 0.6 is 15.9 Å². The zero-order chi connectivity index (χ0) is 9.35. The maximum absolute atomic E-state index is 11.9. The van der Waals surface area contributed by atoms with Crippen molar-refractivity contribution < 1.29 is 18.3 Å². The summed E-state index contributed by atoms with van der Waals surface area (Å²) in [6.45, 7) is 0. The van der Waals surface area contributed by atoms with E-state index in [1.807, 2.05) is 0 Å². The van der Waals surface area contributed by atoms with Crippen molar-refractivity contribution >= 4 is 15.9 Å². The van der Waals surface area contributed by atoms with Crippen LogP contribution in [0.4, 0.5) is 13.2 Å². The molecule has 0 fully saturated rings. The lowest BCUT2D eigenvalue weighted by Gasteiger charge is -2.06. The number of aromatic nitrogens is 1. The molecule has 0 aliphatic carbocycles. The fourth-order valence-electron chi connectivity index (χ4n) is 0.647. The van der Waals surface area contributed by atoms with Gasteiger partial charge in [0.15, 0.2) is 5.69 Å². The minimum absolute atomic E-state index is 0.299. The van der Waals surface area contributed by atoms with Gasteiger partial charge in [-0.15, -0.1) is 0 Å². The minimum atomic E-state index is -4.61. The molecule has 0 aliphatic heterocycles. The largest absolute Gasteiger partial charge is 0.506 e. The average molecular weight is 242 g/mol. The molecule has 1 N–H and O–H groups in total. The van der Waals surface area contributed by atoms with Gasteiger partial charge in [0.25, 0.3) is 0 Å². The van der Waals surface area contributed by atoms with E-state index in [-0.39, 0.29) is 0 Å². The number of rotatable bonds is 0. The van der Waals surface area contributed by atoms with Crippen LogP contribution in [-0.2, 0) is 6.18 Å². The van der Waals surface area contributed by atoms with Gasteiger partial charge in [0.2, 0.25) is 0 Å². The van der Waals surface area contributed by atoms with E-state index in [1.54, 1.807) is 0 Å². The highest BCUT2D eigenvalue weighted by atomic mass is 79.9. The minimum Gasteiger partial charge on any atom is -0.506 e. The number of aromatic hydroxyl groups is 1. The van der Waals surface area contributed by atoms with Crippen LogP contribution in [0.5, 0.6) is 5.75 Å². The molecule has 0 unspecified atom stereocenters. The van der Waals surface area contributed by atoms with Crippen LogP contribution in [0, 0.1) is 0 Å². The molecule has 0 saturated carbocycles. The summed E-state index contributed by atoms with van der Waals surface area (Å²) in [4.78, 5) is 3.03. The zero-order valence-electron chi connectivity index (χ0n) is 5.56. The molecule has 0 bridgehead atoms. The van der Waals surface area contributed by atoms with Gasteiger partial charge in [-0.3, -0.25) is 0 Å². The van der Waals surface area contributed by atoms with Crippen molar-refractivity contribution in [3.05, 3.63) is 22.4 Å². The van der Waals surface area contributed by atoms with Crippen molar-refractivity contribution in [2.45, 2.75) is 6.18 Å². The van der Waals surface area contributed by atoms with Crippen molar-refractivity contribution in [3.63, 3.8) is 0 Å². The molecular formula is C6H3BrF3NO. The van der Waals surface area contributed by atoms with E-state index < -0.39 is 17.6 Å². The maximum atomic E-state index is 11.9. The molecule has 0 atom stereocenters. The average Bonchev–Trinajstić information content (AvgIpc) is 1.83. The monoisotopic (exact) mass is 241 g/mol. The first-order valence-corrected chi connectivity index (χ1v) is 3.62. The van der Waals surface area contributed by atoms with E-state index >= 15 is 0 Å². The topological polar surface area (TPSA) is 33.1 Å². The van der Waals surface area contributed by atoms with Gasteiger partial charge in [-0.1, -0.05) is 0 Å². The molecule has 1 rings (SSSR count). The number of pyridine rings is 1. The van der Waals surface area contributed by atoms with Gasteiger partial charge in [0, 0.05) is 10.7 Å². The summed E-state index contributed by atoms with van der Waals surface area (Å²) in [6.07, 6.45) is -3.63. The number of nitrogens with zero attached hydrogens (tertiary/aromatic N) is 1. The third-order valence-corrected chi connectivity index (χ3v) is 1.54. The molecule has 1 heterocycles. The molecule has 0 radical (unpaired) electrons. The Morgan fingerprint density at radius 1 is 1.42 bits per heavy atom. The van der Waals surface area contributed by atoms with E-state index in [2.05, 4.69) is 20.9 Å². The van der Waals surface area contributed by atoms with Gasteiger partial charge < -0.3 is 5.11 Å². The second-order valence-electron chi connectivity index (χ2n) is 2.02. The van der Waals surface area contributed by atoms with Gasteiger partial charge in [-0.2, -0.15) is 13.2 Å². The summed E-state index contributed by atoms with van der Waals surface area (Å²) in [6, 6.07) is 0.940. The Labute approximate surface area is 74.2 Å². The Kier molecular flexibility index (Phi) is 2.27. The first kappa shape index (κ1) is 9.31. The Balaban J connectivity index is 3.19. The standard InChI is InChI=1S/C6H3BrF3NO/c7-3-1-4(12)5(11-2-3)6(8,9)10/h1-2,12H. The summed E-state index contributed by atoms with van der Waals surface area (Å²) in [5.41, 5.74) is -1.27. The van der Waals surface area contributed by atoms with Crippen molar-refractivity contribution in [1.29, 1.82) is 0 Å². The van der Waals surface area contributed by atoms with E-state index in [9.17, 15) is 13.2 Å². The van der Waals surface area contributed by atoms with Crippen molar-refractivity contribution in [1.82, 2.24) is 4.98 Å². The van der Waals surface area contributed by atoms with Crippen LogP contribution in [0.1, 0.15) is 5.69 Å². The molecule has 0 spiro atoms. The highest BCUT2D eigenvalue weighted by Crippen LogP contribution is 2.34. The highest BCUT2D eigenvalue weighted by molar-refractivity contribution is 9.10. The van der Waals surface area contributed by atoms with Gasteiger partial charge in [-0.25, -0.2) is 4.98 Å². The molecule has 0 aromatic carbocycles. The quantitative estimate of drug-likeness (QED) is 0.758. The second kappa shape index (κ2) is 2.93. The summed E-state index contributed by atoms with van der Waals surface area (Å²) in [5, 5.41) is 8.81. The first-order valence-electron chi connectivity index (χ1n) is 2.83. The van der Waals surface area contributed by atoms with Crippen LogP contribution < -0.4 is 0 Å². The lowest BCUT2D eigenvalue weighted by Crippen LogP contribution is -2.07. The smallest absolute Gasteiger partial charge is 0.437 e. The molecule has 1 aromatic heterocycles. The molecule has 12 heavy (non-hydrogen) atoms. The zero-order valence-corrected chi connectivity index (χ0v) is 7.15. The Bertz CT molecular complexity index is 299. The van der Waals surface area contributed by atoms with E-state index in [4.69, 9.17) is 5.11 Å². The van der Waals surface area contributed by atoms with Crippen molar-refractivity contribution in [2.24, 2.45) is 0 Å². The summed E-state index contributed by atoms with van der Waals surface area (Å²) < 4.78 is 36.1. The molecule has 66 valence electrons. The molecule has 0 amide bonds. The lowest BCUT2D eigenvalue weighted by molar-refractivity contribution is -0.142. The Hall–Kier alpha value is -0.780. The molecule has 2 nitrogen and oxygen atoms in total. The summed E-state index contributed by atoms with van der Waals surface area (Å²) in [5.74, 6) is -0.878. The number of hydrogen-bond acceptors (Lipinski definition) is 2. The van der Waals surface area contributed by atoms with Crippen LogP contribution in [0.3, 0.4) is 0 Å². The summed E-state index contributed by atoms with van der Waals surface area (Å²) in [7, 11) is 0. The van der Waals surface area contributed by atoms with E-state index in [1.165, 1.54) is 0 Å². The first-order chi connectivity index (χ1) is 5.41. The van der Waals surface area contributed by atoms with E-state index in [0.29, 0.717) is 4.47 Å². The van der Waals surface area contributed by atoms with Gasteiger partial charge >= 0.3 is 6.18 Å². The summed E-state index contributed by atoms with van der Waals surface area (Å²) >= 11 is 2.87. The third-order valence-electron chi connectivity index (χ3n) is 1.10. The van der Waals surface area contributed by atoms with Gasteiger partial charge in [-0.05, 0) is 22.0 Å². The van der Waals surface area contributed by atoms with Crippen molar-refractivity contribution in [3.8, 4) is 5.75 Å². The van der Waals surface area contributed by atoms with Crippen LogP contribution in [0.2, 0.25) is 0 Å². The molecule has 0 saturated heterocycles. The van der Waals surface area contributed by atoms with Crippen LogP contribution in [0.25, 0.3) is 0 Å². The Morgan fingerprint density at radius 3 is 2.42 bits per heavy atom. The Morgan fingerprint density at radius 2 is 2.00 bits per heavy atom. The van der Waals surface area contributed by atoms with Crippen LogP contribution in [-0.4, -0.2) is 10.1 Å². The molecule has 1 aromatic rings. The molecular weight excluding hydrogens is 239 g/mol. The van der Waals surface area contributed by atoms with Crippen molar-refractivity contribution in [2.75, 3.05) is 0 Å². The second-order valence-corrected chi connectivity index (χ2v) is 2.93.